The zero-order chi connectivity index (χ0) is 11.4. The summed E-state index contributed by atoms with van der Waals surface area (Å²) < 4.78 is 1.63. The summed E-state index contributed by atoms with van der Waals surface area (Å²) in [5.41, 5.74) is 1.61. The molecular formula is C10H12N2O3. The summed E-state index contributed by atoms with van der Waals surface area (Å²) >= 11 is 0. The normalized spacial score (nSPS) is 10.8. The summed E-state index contributed by atoms with van der Waals surface area (Å²) in [5.74, 6) is -2.38. The van der Waals surface area contributed by atoms with E-state index in [1.54, 1.807) is 17.9 Å². The highest BCUT2D eigenvalue weighted by molar-refractivity contribution is 6.38. The van der Waals surface area contributed by atoms with Crippen molar-refractivity contribution in [1.82, 2.24) is 9.78 Å². The van der Waals surface area contributed by atoms with Crippen LogP contribution in [0.5, 0.6) is 0 Å². The Morgan fingerprint density at radius 1 is 1.60 bits per heavy atom. The second-order valence-corrected chi connectivity index (χ2v) is 3.06. The number of aromatic nitrogens is 2. The molecule has 80 valence electrons. The van der Waals surface area contributed by atoms with Crippen molar-refractivity contribution in [3.63, 3.8) is 0 Å². The lowest BCUT2D eigenvalue weighted by molar-refractivity contribution is -0.146. The SMILES string of the molecule is CCc1nn(C)cc1/C=C/C(=O)C(=O)O. The van der Waals surface area contributed by atoms with Gasteiger partial charge in [-0.1, -0.05) is 6.92 Å². The van der Waals surface area contributed by atoms with Crippen LogP contribution < -0.4 is 0 Å². The van der Waals surface area contributed by atoms with E-state index in [-0.39, 0.29) is 0 Å². The first kappa shape index (κ1) is 11.2. The Bertz CT molecular complexity index is 418. The van der Waals surface area contributed by atoms with Crippen LogP contribution in [0.25, 0.3) is 6.08 Å². The van der Waals surface area contributed by atoms with E-state index in [1.165, 1.54) is 6.08 Å². The Kier molecular flexibility index (Phi) is 3.38. The van der Waals surface area contributed by atoms with Crippen LogP contribution in [0, 0.1) is 0 Å². The Hall–Kier alpha value is -1.91. The quantitative estimate of drug-likeness (QED) is 0.582. The van der Waals surface area contributed by atoms with Gasteiger partial charge in [0.1, 0.15) is 0 Å². The Balaban J connectivity index is 2.88. The van der Waals surface area contributed by atoms with Gasteiger partial charge in [0.2, 0.25) is 0 Å². The molecule has 5 heteroatoms. The first-order chi connectivity index (χ1) is 7.04. The van der Waals surface area contributed by atoms with E-state index in [0.29, 0.717) is 0 Å². The zero-order valence-electron chi connectivity index (χ0n) is 8.60. The molecule has 0 saturated heterocycles. The van der Waals surface area contributed by atoms with Gasteiger partial charge in [-0.15, -0.1) is 0 Å². The van der Waals surface area contributed by atoms with Gasteiger partial charge in [-0.25, -0.2) is 4.79 Å². The summed E-state index contributed by atoms with van der Waals surface area (Å²) in [5, 5.41) is 12.5. The monoisotopic (exact) mass is 208 g/mol. The van der Waals surface area contributed by atoms with Crippen molar-refractivity contribution in [3.05, 3.63) is 23.5 Å². The van der Waals surface area contributed by atoms with Gasteiger partial charge in [-0.05, 0) is 18.6 Å². The van der Waals surface area contributed by atoms with Crippen molar-refractivity contribution in [1.29, 1.82) is 0 Å². The summed E-state index contributed by atoms with van der Waals surface area (Å²) in [6.45, 7) is 1.94. The minimum atomic E-state index is -1.45. The fourth-order valence-corrected chi connectivity index (χ4v) is 1.20. The second-order valence-electron chi connectivity index (χ2n) is 3.06. The lowest BCUT2D eigenvalue weighted by Gasteiger charge is -1.89. The van der Waals surface area contributed by atoms with Crippen LogP contribution in [-0.4, -0.2) is 26.6 Å². The molecule has 0 bridgehead atoms. The third kappa shape index (κ3) is 2.77. The fourth-order valence-electron chi connectivity index (χ4n) is 1.20. The van der Waals surface area contributed by atoms with Crippen molar-refractivity contribution < 1.29 is 14.7 Å². The van der Waals surface area contributed by atoms with Gasteiger partial charge in [-0.2, -0.15) is 5.10 Å². The molecule has 0 aromatic carbocycles. The summed E-state index contributed by atoms with van der Waals surface area (Å²) in [6, 6.07) is 0. The lowest BCUT2D eigenvalue weighted by Crippen LogP contribution is -2.08. The third-order valence-corrected chi connectivity index (χ3v) is 1.90. The molecular weight excluding hydrogens is 196 g/mol. The number of rotatable bonds is 4. The largest absolute Gasteiger partial charge is 0.475 e. The number of ketones is 1. The standard InChI is InChI=1S/C10H12N2O3/c1-3-8-7(6-12(2)11-8)4-5-9(13)10(14)15/h4-6H,3H2,1-2H3,(H,14,15)/b5-4+. The van der Waals surface area contributed by atoms with Crippen molar-refractivity contribution in [2.24, 2.45) is 7.05 Å². The van der Waals surface area contributed by atoms with Gasteiger partial charge in [0, 0.05) is 18.8 Å². The van der Waals surface area contributed by atoms with Gasteiger partial charge >= 0.3 is 5.97 Å². The molecule has 1 aromatic heterocycles. The van der Waals surface area contributed by atoms with Crippen LogP contribution >= 0.6 is 0 Å². The highest BCUT2D eigenvalue weighted by Crippen LogP contribution is 2.08. The van der Waals surface area contributed by atoms with Crippen molar-refractivity contribution in [3.8, 4) is 0 Å². The smallest absolute Gasteiger partial charge is 0.376 e. The molecule has 0 fully saturated rings. The van der Waals surface area contributed by atoms with Crippen LogP contribution in [0.3, 0.4) is 0 Å². The van der Waals surface area contributed by atoms with E-state index in [9.17, 15) is 9.59 Å². The maximum atomic E-state index is 10.8. The van der Waals surface area contributed by atoms with Crippen molar-refractivity contribution >= 4 is 17.8 Å². The number of aliphatic carboxylic acids is 1. The molecule has 1 N–H and O–H groups in total. The molecule has 0 saturated carbocycles. The van der Waals surface area contributed by atoms with E-state index in [1.807, 2.05) is 6.92 Å². The predicted octanol–water partition coefficient (Wildman–Crippen LogP) is 0.649. The topological polar surface area (TPSA) is 72.2 Å². The number of hydrogen-bond donors (Lipinski definition) is 1. The van der Waals surface area contributed by atoms with Crippen LogP contribution in [0.4, 0.5) is 0 Å². The Labute approximate surface area is 87.0 Å². The van der Waals surface area contributed by atoms with Gasteiger partial charge in [0.15, 0.2) is 0 Å². The number of hydrogen-bond acceptors (Lipinski definition) is 3. The molecule has 0 amide bonds. The first-order valence-electron chi connectivity index (χ1n) is 4.52. The van der Waals surface area contributed by atoms with E-state index < -0.39 is 11.8 Å². The number of carbonyl (C=O) groups excluding carboxylic acids is 1. The van der Waals surface area contributed by atoms with Crippen LogP contribution in [-0.2, 0) is 23.1 Å². The minimum absolute atomic E-state index is 0.738. The molecule has 0 spiro atoms. The maximum Gasteiger partial charge on any atom is 0.376 e. The average molecular weight is 208 g/mol. The van der Waals surface area contributed by atoms with Crippen LogP contribution in [0.15, 0.2) is 12.3 Å². The third-order valence-electron chi connectivity index (χ3n) is 1.90. The Morgan fingerprint density at radius 2 is 2.27 bits per heavy atom. The zero-order valence-corrected chi connectivity index (χ0v) is 8.60. The van der Waals surface area contributed by atoms with Crippen LogP contribution in [0.2, 0.25) is 0 Å². The summed E-state index contributed by atoms with van der Waals surface area (Å²) in [6.07, 6.45) is 4.99. The molecule has 1 heterocycles. The molecule has 1 rings (SSSR count). The number of carbonyl (C=O) groups is 2. The highest BCUT2D eigenvalue weighted by atomic mass is 16.4. The fraction of sp³-hybridized carbons (Fsp3) is 0.300. The molecule has 0 unspecified atom stereocenters. The van der Waals surface area contributed by atoms with Gasteiger partial charge in [-0.3, -0.25) is 9.48 Å². The summed E-state index contributed by atoms with van der Waals surface area (Å²) in [4.78, 5) is 21.1. The molecule has 1 aromatic rings. The van der Waals surface area contributed by atoms with E-state index in [2.05, 4.69) is 5.10 Å². The molecule has 0 radical (unpaired) electrons. The molecule has 0 aliphatic carbocycles. The van der Waals surface area contributed by atoms with Crippen molar-refractivity contribution in [2.75, 3.05) is 0 Å². The highest BCUT2D eigenvalue weighted by Gasteiger charge is 2.07. The van der Waals surface area contributed by atoms with Gasteiger partial charge < -0.3 is 5.11 Å². The van der Waals surface area contributed by atoms with E-state index in [0.717, 1.165) is 23.8 Å². The molecule has 5 nitrogen and oxygen atoms in total. The minimum Gasteiger partial charge on any atom is -0.475 e. The lowest BCUT2D eigenvalue weighted by atomic mass is 10.2. The number of aryl methyl sites for hydroxylation is 2. The Morgan fingerprint density at radius 3 is 2.80 bits per heavy atom. The first-order valence-corrected chi connectivity index (χ1v) is 4.52. The van der Waals surface area contributed by atoms with E-state index >= 15 is 0 Å². The molecule has 0 aliphatic rings. The number of nitrogens with zero attached hydrogens (tertiary/aromatic N) is 2. The van der Waals surface area contributed by atoms with Crippen molar-refractivity contribution in [2.45, 2.75) is 13.3 Å². The predicted molar refractivity (Wildman–Crippen MR) is 54.3 cm³/mol. The molecule has 0 aliphatic heterocycles. The number of carboxylic acid groups (broad SMARTS) is 1. The molecule has 15 heavy (non-hydrogen) atoms. The van der Waals surface area contributed by atoms with Gasteiger partial charge in [0.05, 0.1) is 5.69 Å². The number of carboxylic acids is 1. The maximum absolute atomic E-state index is 10.8. The van der Waals surface area contributed by atoms with E-state index in [4.69, 9.17) is 5.11 Å². The van der Waals surface area contributed by atoms with Gasteiger partial charge in [0.25, 0.3) is 5.78 Å². The average Bonchev–Trinajstić information content (AvgIpc) is 2.55. The van der Waals surface area contributed by atoms with Crippen LogP contribution in [0.1, 0.15) is 18.2 Å². The summed E-state index contributed by atoms with van der Waals surface area (Å²) in [7, 11) is 1.77. The molecule has 0 atom stereocenters. The second kappa shape index (κ2) is 4.54.